The van der Waals surface area contributed by atoms with Gasteiger partial charge in [0.2, 0.25) is 5.91 Å². The summed E-state index contributed by atoms with van der Waals surface area (Å²) >= 11 is 0. The van der Waals surface area contributed by atoms with Crippen LogP contribution in [0.4, 0.5) is 15.8 Å². The highest BCUT2D eigenvalue weighted by Gasteiger charge is 2.27. The lowest BCUT2D eigenvalue weighted by atomic mass is 10.1. The van der Waals surface area contributed by atoms with Gasteiger partial charge in [0.1, 0.15) is 18.1 Å². The summed E-state index contributed by atoms with van der Waals surface area (Å²) in [5.74, 6) is -0.533. The molecule has 0 spiro atoms. The van der Waals surface area contributed by atoms with E-state index < -0.39 is 28.3 Å². The normalized spacial score (nSPS) is 11.1. The number of ether oxygens (including phenoxy) is 1. The van der Waals surface area contributed by atoms with Gasteiger partial charge in [-0.15, -0.1) is 0 Å². The van der Waals surface area contributed by atoms with Gasteiger partial charge < -0.3 is 10.1 Å². The Labute approximate surface area is 181 Å². The number of carbonyl (C=O) groups excluding carboxylic acids is 1. The number of hydrogen-bond donors (Lipinski definition) is 1. The number of methoxy groups -OCH3 is 1. The number of sulfonamides is 1. The van der Waals surface area contributed by atoms with Gasteiger partial charge >= 0.3 is 0 Å². The third-order valence-electron chi connectivity index (χ3n) is 4.84. The molecule has 0 heterocycles. The zero-order valence-electron chi connectivity index (χ0n) is 17.4. The van der Waals surface area contributed by atoms with Crippen LogP contribution >= 0.6 is 0 Å². The number of nitrogens with zero attached hydrogens (tertiary/aromatic N) is 1. The molecule has 1 N–H and O–H groups in total. The summed E-state index contributed by atoms with van der Waals surface area (Å²) in [4.78, 5) is 12.7. The molecule has 3 rings (SSSR count). The van der Waals surface area contributed by atoms with E-state index in [1.165, 1.54) is 43.5 Å². The number of halogens is 1. The average molecular weight is 443 g/mol. The van der Waals surface area contributed by atoms with Gasteiger partial charge in [0.15, 0.2) is 0 Å². The maximum Gasteiger partial charge on any atom is 0.264 e. The number of carbonyl (C=O) groups is 1. The maximum absolute atomic E-state index is 13.4. The molecule has 0 saturated carbocycles. The summed E-state index contributed by atoms with van der Waals surface area (Å²) < 4.78 is 46.1. The fourth-order valence-corrected chi connectivity index (χ4v) is 4.37. The predicted molar refractivity (Wildman–Crippen MR) is 118 cm³/mol. The quantitative estimate of drug-likeness (QED) is 0.592. The number of anilines is 2. The Bertz CT molecular complexity index is 1180. The summed E-state index contributed by atoms with van der Waals surface area (Å²) in [7, 11) is -2.62. The van der Waals surface area contributed by atoms with E-state index >= 15 is 0 Å². The second-order valence-electron chi connectivity index (χ2n) is 7.01. The molecule has 6 nitrogen and oxygen atoms in total. The van der Waals surface area contributed by atoms with E-state index in [4.69, 9.17) is 4.74 Å². The molecule has 3 aromatic rings. The molecule has 1 amide bonds. The molecule has 162 valence electrons. The minimum absolute atomic E-state index is 0.0170. The molecule has 0 aliphatic carbocycles. The lowest BCUT2D eigenvalue weighted by Gasteiger charge is -2.24. The summed E-state index contributed by atoms with van der Waals surface area (Å²) in [6.45, 7) is 3.40. The molecule has 31 heavy (non-hydrogen) atoms. The van der Waals surface area contributed by atoms with Crippen LogP contribution in [0.2, 0.25) is 0 Å². The van der Waals surface area contributed by atoms with Crippen molar-refractivity contribution in [1.29, 1.82) is 0 Å². The first-order valence-electron chi connectivity index (χ1n) is 9.50. The van der Waals surface area contributed by atoms with E-state index in [9.17, 15) is 17.6 Å². The third kappa shape index (κ3) is 5.21. The molecule has 0 radical (unpaired) electrons. The second kappa shape index (κ2) is 9.18. The highest BCUT2D eigenvalue weighted by Crippen LogP contribution is 2.25. The minimum Gasteiger partial charge on any atom is -0.497 e. The molecule has 0 unspecified atom stereocenters. The molecular formula is C23H23FN2O4S. The summed E-state index contributed by atoms with van der Waals surface area (Å²) in [5.41, 5.74) is 2.81. The lowest BCUT2D eigenvalue weighted by molar-refractivity contribution is -0.114. The van der Waals surface area contributed by atoms with Crippen LogP contribution in [0.5, 0.6) is 5.75 Å². The smallest absolute Gasteiger partial charge is 0.264 e. The number of nitrogens with one attached hydrogen (secondary N) is 1. The molecule has 0 aliphatic rings. The predicted octanol–water partition coefficient (Wildman–Crippen LogP) is 4.29. The summed E-state index contributed by atoms with van der Waals surface area (Å²) in [5, 5.41) is 2.72. The average Bonchev–Trinajstić information content (AvgIpc) is 2.75. The fraction of sp³-hybridized carbons (Fsp3) is 0.174. The largest absolute Gasteiger partial charge is 0.497 e. The first-order chi connectivity index (χ1) is 14.7. The van der Waals surface area contributed by atoms with Gasteiger partial charge in [0.05, 0.1) is 17.7 Å². The summed E-state index contributed by atoms with van der Waals surface area (Å²) in [6, 6.07) is 16.2. The van der Waals surface area contributed by atoms with Crippen molar-refractivity contribution in [2.24, 2.45) is 0 Å². The second-order valence-corrected chi connectivity index (χ2v) is 8.87. The van der Waals surface area contributed by atoms with Crippen LogP contribution in [0.3, 0.4) is 0 Å². The number of amides is 1. The zero-order valence-corrected chi connectivity index (χ0v) is 18.2. The van der Waals surface area contributed by atoms with Crippen molar-refractivity contribution in [2.75, 3.05) is 23.3 Å². The Morgan fingerprint density at radius 3 is 2.19 bits per heavy atom. The van der Waals surface area contributed by atoms with Crippen molar-refractivity contribution in [3.8, 4) is 5.75 Å². The molecule has 0 atom stereocenters. The van der Waals surface area contributed by atoms with Gasteiger partial charge in [0, 0.05) is 5.69 Å². The molecule has 3 aromatic carbocycles. The highest BCUT2D eigenvalue weighted by atomic mass is 32.2. The van der Waals surface area contributed by atoms with E-state index in [0.29, 0.717) is 11.4 Å². The van der Waals surface area contributed by atoms with Crippen LogP contribution in [0.1, 0.15) is 11.1 Å². The van der Waals surface area contributed by atoms with Crippen molar-refractivity contribution in [3.63, 3.8) is 0 Å². The third-order valence-corrected chi connectivity index (χ3v) is 6.63. The molecule has 0 saturated heterocycles. The topological polar surface area (TPSA) is 75.7 Å². The van der Waals surface area contributed by atoms with Crippen molar-refractivity contribution < 1.29 is 22.3 Å². The summed E-state index contributed by atoms with van der Waals surface area (Å²) in [6.07, 6.45) is 0. The van der Waals surface area contributed by atoms with E-state index in [0.717, 1.165) is 27.6 Å². The van der Waals surface area contributed by atoms with Crippen LogP contribution in [0.25, 0.3) is 0 Å². The van der Waals surface area contributed by atoms with Crippen molar-refractivity contribution in [1.82, 2.24) is 0 Å². The number of aryl methyl sites for hydroxylation is 2. The first-order valence-corrected chi connectivity index (χ1v) is 10.9. The van der Waals surface area contributed by atoms with Crippen LogP contribution in [-0.4, -0.2) is 28.0 Å². The van der Waals surface area contributed by atoms with Gasteiger partial charge in [-0.1, -0.05) is 6.07 Å². The zero-order chi connectivity index (χ0) is 22.6. The molecule has 0 aromatic heterocycles. The van der Waals surface area contributed by atoms with Gasteiger partial charge in [-0.3, -0.25) is 9.10 Å². The highest BCUT2D eigenvalue weighted by molar-refractivity contribution is 7.92. The van der Waals surface area contributed by atoms with E-state index in [2.05, 4.69) is 5.32 Å². The van der Waals surface area contributed by atoms with Gasteiger partial charge in [0.25, 0.3) is 10.0 Å². The molecule has 8 heteroatoms. The monoisotopic (exact) mass is 442 g/mol. The van der Waals surface area contributed by atoms with Crippen LogP contribution in [-0.2, 0) is 14.8 Å². The standard InChI is InChI=1S/C23H23FN2O4S/c1-16-4-7-19(14-17(16)2)25-23(27)15-26(20-8-5-18(24)6-9-20)31(28,29)22-12-10-21(30-3)11-13-22/h4-14H,15H2,1-3H3,(H,25,27). The van der Waals surface area contributed by atoms with Crippen molar-refractivity contribution in [3.05, 3.63) is 83.7 Å². The van der Waals surface area contributed by atoms with Gasteiger partial charge in [-0.05, 0) is 85.6 Å². The van der Waals surface area contributed by atoms with Gasteiger partial charge in [-0.2, -0.15) is 0 Å². The van der Waals surface area contributed by atoms with Crippen LogP contribution < -0.4 is 14.4 Å². The maximum atomic E-state index is 13.4. The van der Waals surface area contributed by atoms with E-state index in [1.54, 1.807) is 6.07 Å². The number of hydrogen-bond acceptors (Lipinski definition) is 4. The first kappa shape index (κ1) is 22.3. The number of rotatable bonds is 7. The lowest BCUT2D eigenvalue weighted by Crippen LogP contribution is -2.38. The Morgan fingerprint density at radius 1 is 0.968 bits per heavy atom. The Balaban J connectivity index is 1.92. The number of benzene rings is 3. The minimum atomic E-state index is -4.10. The molecule has 0 bridgehead atoms. The Hall–Kier alpha value is -3.39. The van der Waals surface area contributed by atoms with Crippen molar-refractivity contribution in [2.45, 2.75) is 18.7 Å². The van der Waals surface area contributed by atoms with E-state index in [-0.39, 0.29) is 10.6 Å². The van der Waals surface area contributed by atoms with E-state index in [1.807, 2.05) is 26.0 Å². The van der Waals surface area contributed by atoms with Crippen LogP contribution in [0.15, 0.2) is 71.6 Å². The van der Waals surface area contributed by atoms with Crippen molar-refractivity contribution >= 4 is 27.3 Å². The Morgan fingerprint density at radius 2 is 1.61 bits per heavy atom. The van der Waals surface area contributed by atoms with Crippen LogP contribution in [0, 0.1) is 19.7 Å². The molecular weight excluding hydrogens is 419 g/mol. The molecule has 0 aliphatic heterocycles. The van der Waals surface area contributed by atoms with Gasteiger partial charge in [-0.25, -0.2) is 12.8 Å². The fourth-order valence-electron chi connectivity index (χ4n) is 2.95. The SMILES string of the molecule is COc1ccc(S(=O)(=O)N(CC(=O)Nc2ccc(C)c(C)c2)c2ccc(F)cc2)cc1. The Kier molecular flexibility index (Phi) is 6.60. The molecule has 0 fully saturated rings.